The van der Waals surface area contributed by atoms with Gasteiger partial charge in [-0.05, 0) is 36.1 Å². The van der Waals surface area contributed by atoms with Crippen LogP contribution in [0, 0.1) is 6.92 Å². The van der Waals surface area contributed by atoms with Crippen LogP contribution in [0.25, 0.3) is 0 Å². The smallest absolute Gasteiger partial charge is 0.356 e. The number of aromatic nitrogens is 1. The Kier molecular flexibility index (Phi) is 4.48. The van der Waals surface area contributed by atoms with E-state index in [0.29, 0.717) is 11.7 Å². The Hall–Kier alpha value is -2.07. The van der Waals surface area contributed by atoms with Gasteiger partial charge in [-0.3, -0.25) is 0 Å². The van der Waals surface area contributed by atoms with Crippen molar-refractivity contribution in [1.82, 2.24) is 4.98 Å². The Bertz CT molecular complexity index is 683. The Morgan fingerprint density at radius 1 is 1.29 bits per heavy atom. The third-order valence-electron chi connectivity index (χ3n) is 3.12. The number of ether oxygens (including phenoxy) is 1. The van der Waals surface area contributed by atoms with Gasteiger partial charge in [-0.1, -0.05) is 37.6 Å². The standard InChI is InChI=1S/C16H16ClNO3/c1-9(2)11-5-4-10(3)13(8-11)21-14-7-6-12(17)15(18-14)16(19)20/h4-9H,1-3H3,(H,19,20). The van der Waals surface area contributed by atoms with Crippen LogP contribution in [0.2, 0.25) is 5.02 Å². The summed E-state index contributed by atoms with van der Waals surface area (Å²) in [5.41, 5.74) is 1.88. The molecular formula is C16H16ClNO3. The van der Waals surface area contributed by atoms with Crippen molar-refractivity contribution in [2.24, 2.45) is 0 Å². The lowest BCUT2D eigenvalue weighted by Crippen LogP contribution is -2.03. The summed E-state index contributed by atoms with van der Waals surface area (Å²) in [7, 11) is 0. The van der Waals surface area contributed by atoms with E-state index in [-0.39, 0.29) is 16.6 Å². The van der Waals surface area contributed by atoms with Crippen LogP contribution in [0.3, 0.4) is 0 Å². The Balaban J connectivity index is 2.36. The van der Waals surface area contributed by atoms with Crippen molar-refractivity contribution in [2.75, 3.05) is 0 Å². The molecule has 5 heteroatoms. The van der Waals surface area contributed by atoms with Gasteiger partial charge in [0.05, 0.1) is 5.02 Å². The predicted octanol–water partition coefficient (Wildman–Crippen LogP) is 4.66. The van der Waals surface area contributed by atoms with E-state index in [2.05, 4.69) is 18.8 Å². The lowest BCUT2D eigenvalue weighted by molar-refractivity contribution is 0.0690. The number of halogens is 1. The van der Waals surface area contributed by atoms with E-state index in [1.165, 1.54) is 6.07 Å². The predicted molar refractivity (Wildman–Crippen MR) is 81.5 cm³/mol. The van der Waals surface area contributed by atoms with E-state index >= 15 is 0 Å². The van der Waals surface area contributed by atoms with E-state index in [9.17, 15) is 4.79 Å². The average molecular weight is 306 g/mol. The van der Waals surface area contributed by atoms with Crippen LogP contribution in [-0.4, -0.2) is 16.1 Å². The first-order chi connectivity index (χ1) is 9.88. The van der Waals surface area contributed by atoms with E-state index in [4.69, 9.17) is 21.4 Å². The van der Waals surface area contributed by atoms with Crippen LogP contribution in [-0.2, 0) is 0 Å². The molecule has 0 aliphatic rings. The number of nitrogens with zero attached hydrogens (tertiary/aromatic N) is 1. The Labute approximate surface area is 128 Å². The van der Waals surface area contributed by atoms with Crippen LogP contribution in [0.5, 0.6) is 11.6 Å². The zero-order valence-corrected chi connectivity index (χ0v) is 12.8. The van der Waals surface area contributed by atoms with Gasteiger partial charge in [-0.25, -0.2) is 9.78 Å². The molecule has 0 spiro atoms. The lowest BCUT2D eigenvalue weighted by atomic mass is 10.0. The number of pyridine rings is 1. The SMILES string of the molecule is Cc1ccc(C(C)C)cc1Oc1ccc(Cl)c(C(=O)O)n1. The molecule has 4 nitrogen and oxygen atoms in total. The van der Waals surface area contributed by atoms with Gasteiger partial charge >= 0.3 is 5.97 Å². The van der Waals surface area contributed by atoms with Crippen LogP contribution < -0.4 is 4.74 Å². The molecule has 0 bridgehead atoms. The van der Waals surface area contributed by atoms with Crippen molar-refractivity contribution < 1.29 is 14.6 Å². The maximum Gasteiger partial charge on any atom is 0.356 e. The van der Waals surface area contributed by atoms with E-state index in [1.807, 2.05) is 25.1 Å². The Morgan fingerprint density at radius 2 is 2.00 bits per heavy atom. The van der Waals surface area contributed by atoms with Crippen molar-refractivity contribution >= 4 is 17.6 Å². The minimum atomic E-state index is -1.18. The highest BCUT2D eigenvalue weighted by Crippen LogP contribution is 2.29. The molecule has 110 valence electrons. The molecule has 0 saturated heterocycles. The number of aromatic carboxylic acids is 1. The number of hydrogen-bond acceptors (Lipinski definition) is 3. The molecule has 0 unspecified atom stereocenters. The summed E-state index contributed by atoms with van der Waals surface area (Å²) in [6, 6.07) is 8.98. The number of carbonyl (C=O) groups is 1. The summed E-state index contributed by atoms with van der Waals surface area (Å²) >= 11 is 5.79. The number of carboxylic acids is 1. The number of rotatable bonds is 4. The molecule has 0 fully saturated rings. The van der Waals surface area contributed by atoms with Crippen LogP contribution in [0.4, 0.5) is 0 Å². The molecule has 0 saturated carbocycles. The topological polar surface area (TPSA) is 59.4 Å². The van der Waals surface area contributed by atoms with E-state index in [0.717, 1.165) is 11.1 Å². The molecule has 0 amide bonds. The molecule has 1 heterocycles. The zero-order chi connectivity index (χ0) is 15.6. The van der Waals surface area contributed by atoms with Gasteiger partial charge in [-0.2, -0.15) is 0 Å². The third kappa shape index (κ3) is 3.52. The fourth-order valence-corrected chi connectivity index (χ4v) is 2.02. The van der Waals surface area contributed by atoms with Crippen molar-refractivity contribution in [3.8, 4) is 11.6 Å². The Morgan fingerprint density at radius 3 is 2.62 bits per heavy atom. The highest BCUT2D eigenvalue weighted by atomic mass is 35.5. The normalized spacial score (nSPS) is 10.7. The molecule has 0 aliphatic carbocycles. The van der Waals surface area contributed by atoms with Gasteiger partial charge < -0.3 is 9.84 Å². The second-order valence-electron chi connectivity index (χ2n) is 5.07. The highest BCUT2D eigenvalue weighted by molar-refractivity contribution is 6.33. The highest BCUT2D eigenvalue weighted by Gasteiger charge is 2.13. The van der Waals surface area contributed by atoms with Crippen LogP contribution >= 0.6 is 11.6 Å². The molecule has 0 aliphatic heterocycles. The first kappa shape index (κ1) is 15.3. The van der Waals surface area contributed by atoms with Gasteiger partial charge in [0.25, 0.3) is 0 Å². The molecule has 0 atom stereocenters. The van der Waals surface area contributed by atoms with Crippen molar-refractivity contribution in [1.29, 1.82) is 0 Å². The molecule has 2 rings (SSSR count). The summed E-state index contributed by atoms with van der Waals surface area (Å²) in [5, 5.41) is 9.11. The average Bonchev–Trinajstić information content (AvgIpc) is 2.42. The third-order valence-corrected chi connectivity index (χ3v) is 3.42. The summed E-state index contributed by atoms with van der Waals surface area (Å²) in [6.07, 6.45) is 0. The van der Waals surface area contributed by atoms with Gasteiger partial charge in [-0.15, -0.1) is 0 Å². The number of carboxylic acid groups (broad SMARTS) is 1. The molecule has 21 heavy (non-hydrogen) atoms. The maximum absolute atomic E-state index is 11.0. The van der Waals surface area contributed by atoms with E-state index in [1.54, 1.807) is 6.07 Å². The van der Waals surface area contributed by atoms with Crippen LogP contribution in [0.1, 0.15) is 41.4 Å². The van der Waals surface area contributed by atoms with Gasteiger partial charge in [0.2, 0.25) is 5.88 Å². The fourth-order valence-electron chi connectivity index (χ4n) is 1.83. The molecule has 1 aromatic heterocycles. The molecule has 2 aromatic rings. The quantitative estimate of drug-likeness (QED) is 0.892. The molecular weight excluding hydrogens is 290 g/mol. The minimum absolute atomic E-state index is 0.0857. The minimum Gasteiger partial charge on any atom is -0.476 e. The monoisotopic (exact) mass is 305 g/mol. The molecule has 1 N–H and O–H groups in total. The molecule has 1 aromatic carbocycles. The second-order valence-corrected chi connectivity index (χ2v) is 5.47. The van der Waals surface area contributed by atoms with Gasteiger partial charge in [0.1, 0.15) is 5.75 Å². The number of benzene rings is 1. The maximum atomic E-state index is 11.0. The first-order valence-electron chi connectivity index (χ1n) is 6.56. The fraction of sp³-hybridized carbons (Fsp3) is 0.250. The van der Waals surface area contributed by atoms with Crippen molar-refractivity contribution in [3.63, 3.8) is 0 Å². The number of hydrogen-bond donors (Lipinski definition) is 1. The van der Waals surface area contributed by atoms with Crippen LogP contribution in [0.15, 0.2) is 30.3 Å². The summed E-state index contributed by atoms with van der Waals surface area (Å²) in [6.45, 7) is 6.11. The van der Waals surface area contributed by atoms with Gasteiger partial charge in [0, 0.05) is 6.07 Å². The van der Waals surface area contributed by atoms with E-state index < -0.39 is 5.97 Å². The largest absolute Gasteiger partial charge is 0.476 e. The number of aryl methyl sites for hydroxylation is 1. The molecule has 0 radical (unpaired) electrons. The summed E-state index contributed by atoms with van der Waals surface area (Å²) < 4.78 is 5.71. The lowest BCUT2D eigenvalue weighted by Gasteiger charge is -2.12. The summed E-state index contributed by atoms with van der Waals surface area (Å²) in [4.78, 5) is 15.0. The second kappa shape index (κ2) is 6.14. The first-order valence-corrected chi connectivity index (χ1v) is 6.94. The summed E-state index contributed by atoms with van der Waals surface area (Å²) in [5.74, 6) is 0.0620. The zero-order valence-electron chi connectivity index (χ0n) is 12.1. The van der Waals surface area contributed by atoms with Gasteiger partial charge in [0.15, 0.2) is 5.69 Å². The van der Waals surface area contributed by atoms with Crippen molar-refractivity contribution in [3.05, 3.63) is 52.2 Å². The van der Waals surface area contributed by atoms with Crippen molar-refractivity contribution in [2.45, 2.75) is 26.7 Å².